The number of hydrogen-bond acceptors (Lipinski definition) is 3. The summed E-state index contributed by atoms with van der Waals surface area (Å²) >= 11 is 0. The van der Waals surface area contributed by atoms with Gasteiger partial charge in [0.1, 0.15) is 11.3 Å². The fraction of sp³-hybridized carbons (Fsp3) is 0.250. The van der Waals surface area contributed by atoms with Crippen LogP contribution in [0.5, 0.6) is 5.75 Å². The largest absolute Gasteiger partial charge is 0.495 e. The Morgan fingerprint density at radius 1 is 1.29 bits per heavy atom. The third-order valence-corrected chi connectivity index (χ3v) is 2.65. The maximum absolute atomic E-state index is 12.1. The second kappa shape index (κ2) is 4.47. The second-order valence-electron chi connectivity index (χ2n) is 3.55. The van der Waals surface area contributed by atoms with Crippen LogP contribution in [0.2, 0.25) is 0 Å². The van der Waals surface area contributed by atoms with Gasteiger partial charge in [-0.1, -0.05) is 0 Å². The van der Waals surface area contributed by atoms with Gasteiger partial charge in [-0.15, -0.1) is 0 Å². The van der Waals surface area contributed by atoms with E-state index in [9.17, 15) is 4.79 Å². The molecule has 0 spiro atoms. The van der Waals surface area contributed by atoms with Gasteiger partial charge < -0.3 is 9.14 Å². The molecule has 0 saturated carbocycles. The lowest BCUT2D eigenvalue weighted by Gasteiger charge is -2.13. The van der Waals surface area contributed by atoms with Gasteiger partial charge in [-0.25, -0.2) is 5.06 Å². The molecule has 2 aromatic heterocycles. The van der Waals surface area contributed by atoms with Crippen LogP contribution in [0.25, 0.3) is 5.52 Å². The highest BCUT2D eigenvalue weighted by Crippen LogP contribution is 2.24. The lowest BCUT2D eigenvalue weighted by molar-refractivity contribution is -0.0755. The van der Waals surface area contributed by atoms with Gasteiger partial charge >= 0.3 is 0 Å². The Kier molecular flexibility index (Phi) is 3.01. The monoisotopic (exact) mass is 234 g/mol. The number of hydrogen-bond donors (Lipinski definition) is 0. The fourth-order valence-corrected chi connectivity index (χ4v) is 1.72. The third kappa shape index (κ3) is 1.85. The number of fused-ring (bicyclic) bond motifs is 1. The number of pyridine rings is 1. The van der Waals surface area contributed by atoms with Crippen molar-refractivity contribution in [3.05, 3.63) is 36.2 Å². The maximum Gasteiger partial charge on any atom is 0.279 e. The van der Waals surface area contributed by atoms with Crippen molar-refractivity contribution >= 4 is 11.4 Å². The highest BCUT2D eigenvalue weighted by Gasteiger charge is 2.18. The smallest absolute Gasteiger partial charge is 0.279 e. The van der Waals surface area contributed by atoms with Crippen molar-refractivity contribution in [3.8, 4) is 5.75 Å². The van der Waals surface area contributed by atoms with Crippen molar-refractivity contribution in [1.29, 1.82) is 0 Å². The van der Waals surface area contributed by atoms with E-state index in [0.717, 1.165) is 5.52 Å². The number of ether oxygens (including phenoxy) is 1. The second-order valence-corrected chi connectivity index (χ2v) is 3.55. The molecule has 0 aliphatic rings. The molecule has 2 heterocycles. The van der Waals surface area contributed by atoms with Crippen LogP contribution in [0.3, 0.4) is 0 Å². The molecule has 0 radical (unpaired) electrons. The molecule has 0 atom stereocenters. The molecule has 0 aliphatic carbocycles. The van der Waals surface area contributed by atoms with E-state index in [1.807, 2.05) is 28.9 Å². The van der Waals surface area contributed by atoms with E-state index in [0.29, 0.717) is 11.3 Å². The molecule has 5 heteroatoms. The van der Waals surface area contributed by atoms with Crippen LogP contribution in [-0.4, -0.2) is 36.6 Å². The van der Waals surface area contributed by atoms with Crippen molar-refractivity contribution in [2.45, 2.75) is 0 Å². The van der Waals surface area contributed by atoms with Crippen LogP contribution < -0.4 is 4.74 Å². The van der Waals surface area contributed by atoms with E-state index < -0.39 is 0 Å². The first-order valence-corrected chi connectivity index (χ1v) is 5.15. The summed E-state index contributed by atoms with van der Waals surface area (Å²) in [7, 11) is 4.60. The zero-order valence-electron chi connectivity index (χ0n) is 10.0. The van der Waals surface area contributed by atoms with E-state index >= 15 is 0 Å². The predicted octanol–water partition coefficient (Wildman–Crippen LogP) is 1.58. The van der Waals surface area contributed by atoms with Gasteiger partial charge in [-0.3, -0.25) is 9.63 Å². The van der Waals surface area contributed by atoms with Gasteiger partial charge in [-0.05, 0) is 18.2 Å². The Balaban J connectivity index is 2.59. The molecule has 0 unspecified atom stereocenters. The predicted molar refractivity (Wildman–Crippen MR) is 63.1 cm³/mol. The number of aromatic nitrogens is 1. The summed E-state index contributed by atoms with van der Waals surface area (Å²) in [4.78, 5) is 16.9. The average Bonchev–Trinajstić information content (AvgIpc) is 2.80. The Morgan fingerprint density at radius 2 is 2.06 bits per heavy atom. The number of methoxy groups -OCH3 is 1. The molecule has 5 nitrogen and oxygen atoms in total. The summed E-state index contributed by atoms with van der Waals surface area (Å²) in [5.41, 5.74) is 1.29. The van der Waals surface area contributed by atoms with Gasteiger partial charge in [0.2, 0.25) is 0 Å². The average molecular weight is 234 g/mol. The molecule has 2 aromatic rings. The number of amides is 1. The molecular formula is C12H14N2O3. The molecule has 0 bridgehead atoms. The molecule has 90 valence electrons. The summed E-state index contributed by atoms with van der Waals surface area (Å²) in [5, 5.41) is 1.18. The number of rotatable bonds is 3. The highest BCUT2D eigenvalue weighted by molar-refractivity contribution is 6.02. The fourth-order valence-electron chi connectivity index (χ4n) is 1.72. The number of hydroxylamine groups is 2. The quantitative estimate of drug-likeness (QED) is 0.757. The molecule has 0 N–H and O–H groups in total. The minimum Gasteiger partial charge on any atom is -0.495 e. The topological polar surface area (TPSA) is 43.2 Å². The van der Waals surface area contributed by atoms with Crippen LogP contribution in [-0.2, 0) is 4.84 Å². The molecule has 17 heavy (non-hydrogen) atoms. The summed E-state index contributed by atoms with van der Waals surface area (Å²) in [5.74, 6) is 0.449. The summed E-state index contributed by atoms with van der Waals surface area (Å²) < 4.78 is 7.10. The van der Waals surface area contributed by atoms with Crippen LogP contribution >= 0.6 is 0 Å². The highest BCUT2D eigenvalue weighted by atomic mass is 16.7. The van der Waals surface area contributed by atoms with Crippen LogP contribution in [0.1, 0.15) is 10.4 Å². The molecule has 0 fully saturated rings. The Bertz CT molecular complexity index is 548. The van der Waals surface area contributed by atoms with Crippen molar-refractivity contribution in [2.75, 3.05) is 21.3 Å². The van der Waals surface area contributed by atoms with Gasteiger partial charge in [0, 0.05) is 19.4 Å². The van der Waals surface area contributed by atoms with Crippen LogP contribution in [0, 0.1) is 0 Å². The maximum atomic E-state index is 12.1. The van der Waals surface area contributed by atoms with Crippen LogP contribution in [0.15, 0.2) is 30.6 Å². The first-order valence-electron chi connectivity index (χ1n) is 5.15. The first kappa shape index (κ1) is 11.5. The molecule has 0 aromatic carbocycles. The number of nitrogens with zero attached hydrogens (tertiary/aromatic N) is 2. The minimum absolute atomic E-state index is 0.209. The molecule has 0 saturated heterocycles. The van der Waals surface area contributed by atoms with Crippen molar-refractivity contribution in [3.63, 3.8) is 0 Å². The molecule has 1 amide bonds. The Morgan fingerprint density at radius 3 is 2.71 bits per heavy atom. The molecular weight excluding hydrogens is 220 g/mol. The Labute approximate surface area is 99.1 Å². The van der Waals surface area contributed by atoms with Gasteiger partial charge in [0.25, 0.3) is 5.91 Å². The summed E-state index contributed by atoms with van der Waals surface area (Å²) in [6, 6.07) is 5.43. The normalized spacial score (nSPS) is 10.5. The SMILES string of the molecule is COc1cccn2ccc(C(=O)N(C)OC)c12. The van der Waals surface area contributed by atoms with E-state index in [1.54, 1.807) is 20.2 Å². The summed E-state index contributed by atoms with van der Waals surface area (Å²) in [6.07, 6.45) is 3.68. The van der Waals surface area contributed by atoms with Crippen LogP contribution in [0.4, 0.5) is 0 Å². The van der Waals surface area contributed by atoms with E-state index in [2.05, 4.69) is 0 Å². The van der Waals surface area contributed by atoms with Crippen molar-refractivity contribution in [2.24, 2.45) is 0 Å². The zero-order chi connectivity index (χ0) is 12.4. The van der Waals surface area contributed by atoms with Gasteiger partial charge in [-0.2, -0.15) is 0 Å². The number of carbonyl (C=O) groups excluding carboxylic acids is 1. The zero-order valence-corrected chi connectivity index (χ0v) is 10.0. The van der Waals surface area contributed by atoms with Gasteiger partial charge in [0.15, 0.2) is 0 Å². The molecule has 2 rings (SSSR count). The Hall–Kier alpha value is -2.01. The van der Waals surface area contributed by atoms with Crippen molar-refractivity contribution in [1.82, 2.24) is 9.46 Å². The number of carbonyl (C=O) groups is 1. The van der Waals surface area contributed by atoms with Crippen molar-refractivity contribution < 1.29 is 14.4 Å². The van der Waals surface area contributed by atoms with E-state index in [4.69, 9.17) is 9.57 Å². The lowest BCUT2D eigenvalue weighted by Crippen LogP contribution is -2.25. The minimum atomic E-state index is -0.209. The van der Waals surface area contributed by atoms with E-state index in [1.165, 1.54) is 12.2 Å². The van der Waals surface area contributed by atoms with E-state index in [-0.39, 0.29) is 5.91 Å². The first-order chi connectivity index (χ1) is 8.19. The summed E-state index contributed by atoms with van der Waals surface area (Å²) in [6.45, 7) is 0. The standard InChI is InChI=1S/C12H14N2O3/c1-13(17-3)12(15)9-6-8-14-7-4-5-10(16-2)11(9)14/h4-8H,1-3H3. The molecule has 0 aliphatic heterocycles. The van der Waals surface area contributed by atoms with Gasteiger partial charge in [0.05, 0.1) is 19.8 Å². The lowest BCUT2D eigenvalue weighted by atomic mass is 10.2. The third-order valence-electron chi connectivity index (χ3n) is 2.65.